The van der Waals surface area contributed by atoms with Crippen LogP contribution >= 0.6 is 126 Å². The van der Waals surface area contributed by atoms with Crippen molar-refractivity contribution in [2.24, 2.45) is 0 Å². The Morgan fingerprint density at radius 3 is 0.620 bits per heavy atom. The van der Waals surface area contributed by atoms with Crippen LogP contribution in [0.1, 0.15) is 338 Å². The molecular weight excluding hydrogens is 1480 g/mol. The van der Waals surface area contributed by atoms with Crippen LogP contribution in [0.3, 0.4) is 0 Å². The lowest BCUT2D eigenvalue weighted by Gasteiger charge is -2.28. The number of ether oxygens (including phenoxy) is 4. The largest absolute Gasteiger partial charge is 0.462 e. The summed E-state index contributed by atoms with van der Waals surface area (Å²) in [5, 5.41) is 0. The van der Waals surface area contributed by atoms with Gasteiger partial charge in [-0.1, -0.05) is 345 Å². The molecular formula is C77H151N3O8S12. The molecule has 0 aliphatic carbocycles. The summed E-state index contributed by atoms with van der Waals surface area (Å²) in [6.07, 6.45) is 54.0. The molecule has 0 heterocycles. The fourth-order valence-electron chi connectivity index (χ4n) is 11.0. The van der Waals surface area contributed by atoms with Crippen LogP contribution in [0, 0.1) is 0 Å². The maximum atomic E-state index is 13.4. The lowest BCUT2D eigenvalue weighted by Crippen LogP contribution is -2.40. The van der Waals surface area contributed by atoms with Crippen molar-refractivity contribution in [2.75, 3.05) is 105 Å². The predicted molar refractivity (Wildman–Crippen MR) is 468 cm³/mol. The molecule has 100 heavy (non-hydrogen) atoms. The molecule has 594 valence electrons. The van der Waals surface area contributed by atoms with E-state index in [-0.39, 0.29) is 74.0 Å². The molecule has 0 saturated carbocycles. The number of rotatable bonds is 82. The van der Waals surface area contributed by atoms with E-state index in [1.807, 2.05) is 70.9 Å². The van der Waals surface area contributed by atoms with Crippen LogP contribution < -0.4 is 0 Å². The highest BCUT2D eigenvalue weighted by atomic mass is 33.5. The van der Waals surface area contributed by atoms with Gasteiger partial charge in [0.25, 0.3) is 0 Å². The van der Waals surface area contributed by atoms with Crippen LogP contribution in [0.25, 0.3) is 0 Å². The summed E-state index contributed by atoms with van der Waals surface area (Å²) in [6.45, 7) is 21.6. The molecule has 0 rings (SSSR count). The molecule has 0 spiro atoms. The Morgan fingerprint density at radius 2 is 0.430 bits per heavy atom. The third kappa shape index (κ3) is 78.1. The van der Waals surface area contributed by atoms with Crippen molar-refractivity contribution in [3.05, 3.63) is 0 Å². The van der Waals surface area contributed by atoms with Gasteiger partial charge in [0, 0.05) is 98.4 Å². The fraction of sp³-hybridized carbons (Fsp3) is 0.948. The van der Waals surface area contributed by atoms with Gasteiger partial charge in [0.15, 0.2) is 0 Å². The minimum atomic E-state index is -0.222. The van der Waals surface area contributed by atoms with E-state index in [1.54, 1.807) is 82.5 Å². The van der Waals surface area contributed by atoms with E-state index in [4.69, 9.17) is 18.9 Å². The Labute approximate surface area is 664 Å². The van der Waals surface area contributed by atoms with Gasteiger partial charge in [-0.05, 0) is 99.7 Å². The minimum Gasteiger partial charge on any atom is -0.462 e. The average Bonchev–Trinajstić information content (AvgIpc) is 1.13. The summed E-state index contributed by atoms with van der Waals surface area (Å²) in [5.41, 5.74) is 0. The van der Waals surface area contributed by atoms with Crippen LogP contribution in [0.4, 0.5) is 0 Å². The molecule has 4 unspecified atom stereocenters. The molecule has 0 aliphatic heterocycles. The zero-order chi connectivity index (χ0) is 73.1. The molecule has 0 saturated heterocycles. The number of nitrogens with zero attached hydrogens (tertiary/aromatic N) is 3. The van der Waals surface area contributed by atoms with Gasteiger partial charge in [-0.2, -0.15) is 0 Å². The van der Waals surface area contributed by atoms with E-state index in [1.165, 1.54) is 257 Å². The summed E-state index contributed by atoms with van der Waals surface area (Å²) in [6, 6.07) is 0. The standard InChI is InChI=1S/C77H151N3O8S12/c1-10-14-18-22-26-30-34-38-42-46-62-89-97-93-66-70(5)85-74(81)50-54-79(55-51-75(82)86-71(6)67-94-98-90-63-47-43-39-35-31-27-23-19-15-11-2)60-58-78(9)59-61-80(56-52-76(83)87-72(7)68-95-99-91-64-48-44-40-36-32-28-24-20-16-12-3)57-53-77(84)88-73(8)69-96-100-92-65-49-45-41-37-33-29-25-21-17-13-4/h70-73H,10-69H2,1-9H3. The van der Waals surface area contributed by atoms with Crippen molar-refractivity contribution in [2.45, 2.75) is 362 Å². The Kier molecular flexibility index (Phi) is 83.5. The maximum absolute atomic E-state index is 13.4. The predicted octanol–water partition coefficient (Wildman–Crippen LogP) is 26.6. The molecule has 23 heteroatoms. The summed E-state index contributed by atoms with van der Waals surface area (Å²) in [4.78, 5) is 60.0. The number of carbonyl (C=O) groups excluding carboxylic acids is 4. The Morgan fingerprint density at radius 1 is 0.250 bits per heavy atom. The lowest BCUT2D eigenvalue weighted by atomic mass is 10.1. The zero-order valence-corrected chi connectivity index (χ0v) is 75.0. The topological polar surface area (TPSA) is 115 Å². The zero-order valence-electron chi connectivity index (χ0n) is 65.2. The summed E-state index contributed by atoms with van der Waals surface area (Å²) >= 11 is 0. The number of likely N-dealkylation sites (N-methyl/N-ethyl adjacent to an activating group) is 1. The van der Waals surface area contributed by atoms with E-state index in [0.29, 0.717) is 52.4 Å². The normalized spacial score (nSPS) is 13.0. The fourth-order valence-corrected chi connectivity index (χ4v) is 27.0. The first kappa shape index (κ1) is 102. The molecule has 0 N–H and O–H groups in total. The SMILES string of the molecule is CCCCCCCCCCCCSSSCC(C)OC(=O)CCN(CCC(=O)OC(C)CSSSCCCCCCCCCCCC)CCN(C)CCN(CCC(=O)OC(C)CSSSCCCCCCCCCCCC)CCC(=O)OC(C)CSSSCCCCCCCCCCCC. The number of unbranched alkanes of at least 4 members (excludes halogenated alkanes) is 36. The van der Waals surface area contributed by atoms with Crippen molar-refractivity contribution in [3.63, 3.8) is 0 Å². The van der Waals surface area contributed by atoms with Gasteiger partial charge in [-0.3, -0.25) is 19.2 Å². The van der Waals surface area contributed by atoms with Crippen LogP contribution in [0.2, 0.25) is 0 Å². The lowest BCUT2D eigenvalue weighted by molar-refractivity contribution is -0.149. The van der Waals surface area contributed by atoms with Crippen LogP contribution in [0.5, 0.6) is 0 Å². The smallest absolute Gasteiger partial charge is 0.307 e. The summed E-state index contributed by atoms with van der Waals surface area (Å²) in [5.74, 6) is 6.66. The Hall–Kier alpha value is 1.96. The molecule has 0 bridgehead atoms. The molecule has 4 atom stereocenters. The number of hydrogen-bond donors (Lipinski definition) is 0. The Balaban J connectivity index is 5.48. The van der Waals surface area contributed by atoms with Crippen molar-refractivity contribution >= 4 is 150 Å². The molecule has 11 nitrogen and oxygen atoms in total. The second-order valence-corrected chi connectivity index (χ2v) is 45.2. The Bertz CT molecular complexity index is 1540. The van der Waals surface area contributed by atoms with Gasteiger partial charge >= 0.3 is 23.9 Å². The number of esters is 4. The maximum Gasteiger partial charge on any atom is 0.307 e. The van der Waals surface area contributed by atoms with Gasteiger partial charge in [0.2, 0.25) is 0 Å². The first-order chi connectivity index (χ1) is 48.8. The van der Waals surface area contributed by atoms with Gasteiger partial charge < -0.3 is 33.6 Å². The molecule has 0 aromatic heterocycles. The molecule has 0 fully saturated rings. The molecule has 0 aliphatic rings. The quantitative estimate of drug-likeness (QED) is 0.0249. The van der Waals surface area contributed by atoms with Gasteiger partial charge in [-0.25, -0.2) is 0 Å². The number of carbonyl (C=O) groups is 4. The van der Waals surface area contributed by atoms with Gasteiger partial charge in [0.1, 0.15) is 24.4 Å². The van der Waals surface area contributed by atoms with Crippen molar-refractivity contribution < 1.29 is 38.1 Å². The highest BCUT2D eigenvalue weighted by Gasteiger charge is 2.20. The summed E-state index contributed by atoms with van der Waals surface area (Å²) < 4.78 is 23.7. The van der Waals surface area contributed by atoms with Crippen molar-refractivity contribution in [1.82, 2.24) is 14.7 Å². The first-order valence-corrected chi connectivity index (χ1v) is 55.7. The van der Waals surface area contributed by atoms with E-state index in [2.05, 4.69) is 49.4 Å². The molecule has 0 aromatic rings. The summed E-state index contributed by atoms with van der Waals surface area (Å²) in [7, 11) is 24.0. The second kappa shape index (κ2) is 81.9. The monoisotopic (exact) mass is 1630 g/mol. The molecule has 0 aromatic carbocycles. The first-order valence-electron chi connectivity index (χ1n) is 40.4. The third-order valence-corrected chi connectivity index (χ3v) is 35.3. The van der Waals surface area contributed by atoms with Crippen molar-refractivity contribution in [3.8, 4) is 0 Å². The van der Waals surface area contributed by atoms with Gasteiger partial charge in [0.05, 0.1) is 25.7 Å². The average molecular weight is 1630 g/mol. The van der Waals surface area contributed by atoms with Crippen molar-refractivity contribution in [1.29, 1.82) is 0 Å². The highest BCUT2D eigenvalue weighted by Crippen LogP contribution is 2.39. The molecule has 0 radical (unpaired) electrons. The third-order valence-electron chi connectivity index (χ3n) is 17.4. The van der Waals surface area contributed by atoms with E-state index < -0.39 is 0 Å². The second-order valence-electron chi connectivity index (χ2n) is 27.6. The van der Waals surface area contributed by atoms with Crippen LogP contribution in [-0.2, 0) is 38.1 Å². The van der Waals surface area contributed by atoms with Crippen LogP contribution in [0.15, 0.2) is 0 Å². The van der Waals surface area contributed by atoms with E-state index >= 15 is 0 Å². The minimum absolute atomic E-state index is 0.196. The molecule has 0 amide bonds. The van der Waals surface area contributed by atoms with E-state index in [0.717, 1.165) is 46.0 Å². The highest BCUT2D eigenvalue weighted by molar-refractivity contribution is 9.10. The van der Waals surface area contributed by atoms with E-state index in [9.17, 15) is 19.2 Å². The van der Waals surface area contributed by atoms with Gasteiger partial charge in [-0.15, -0.1) is 0 Å². The number of hydrogen-bond acceptors (Lipinski definition) is 23. The van der Waals surface area contributed by atoms with Crippen LogP contribution in [-0.4, -0.2) is 168 Å².